The van der Waals surface area contributed by atoms with Crippen LogP contribution in [0.2, 0.25) is 0 Å². The van der Waals surface area contributed by atoms with Gasteiger partial charge in [0, 0.05) is 50.5 Å². The molecule has 0 spiro atoms. The van der Waals surface area contributed by atoms with Crippen LogP contribution in [0.5, 0.6) is 0 Å². The van der Waals surface area contributed by atoms with Gasteiger partial charge in [0.2, 0.25) is 0 Å². The van der Waals surface area contributed by atoms with Crippen molar-refractivity contribution in [3.8, 4) is 0 Å². The van der Waals surface area contributed by atoms with E-state index in [0.29, 0.717) is 5.56 Å². The van der Waals surface area contributed by atoms with E-state index in [1.807, 2.05) is 12.4 Å². The molecule has 0 aliphatic carbocycles. The number of nitrogens with zero attached hydrogens (tertiary/aromatic N) is 3. The highest BCUT2D eigenvalue weighted by molar-refractivity contribution is 5.93. The summed E-state index contributed by atoms with van der Waals surface area (Å²) in [5.74, 6) is -0.0201. The monoisotopic (exact) mass is 310 g/mol. The summed E-state index contributed by atoms with van der Waals surface area (Å²) in [6.45, 7) is 3.12. The number of hydrogen-bond acceptors (Lipinski definition) is 4. The summed E-state index contributed by atoms with van der Waals surface area (Å²) >= 11 is 0. The van der Waals surface area contributed by atoms with E-state index in [4.69, 9.17) is 0 Å². The zero-order valence-electron chi connectivity index (χ0n) is 13.2. The van der Waals surface area contributed by atoms with Crippen LogP contribution in [0.25, 0.3) is 0 Å². The van der Waals surface area contributed by atoms with Crippen molar-refractivity contribution in [2.45, 2.75) is 25.3 Å². The molecule has 0 radical (unpaired) electrons. The van der Waals surface area contributed by atoms with E-state index in [1.54, 1.807) is 24.5 Å². The zero-order chi connectivity index (χ0) is 15.9. The van der Waals surface area contributed by atoms with Crippen LogP contribution in [-0.4, -0.2) is 46.5 Å². The average Bonchev–Trinajstić information content (AvgIpc) is 2.63. The molecule has 0 aromatic carbocycles. The van der Waals surface area contributed by atoms with Crippen LogP contribution in [0, 0.1) is 0 Å². The van der Waals surface area contributed by atoms with Crippen molar-refractivity contribution < 1.29 is 4.79 Å². The van der Waals surface area contributed by atoms with Gasteiger partial charge in [-0.25, -0.2) is 0 Å². The fourth-order valence-electron chi connectivity index (χ4n) is 2.90. The Labute approximate surface area is 136 Å². The van der Waals surface area contributed by atoms with Gasteiger partial charge in [-0.3, -0.25) is 14.8 Å². The van der Waals surface area contributed by atoms with Gasteiger partial charge in [-0.05, 0) is 49.1 Å². The predicted octanol–water partition coefficient (Wildman–Crippen LogP) is 1.91. The minimum Gasteiger partial charge on any atom is -0.349 e. The lowest BCUT2D eigenvalue weighted by molar-refractivity contribution is 0.0911. The summed E-state index contributed by atoms with van der Waals surface area (Å²) in [6.07, 6.45) is 10.0. The summed E-state index contributed by atoms with van der Waals surface area (Å²) in [5.41, 5.74) is 1.96. The number of carbonyl (C=O) groups excluding carboxylic acids is 1. The summed E-state index contributed by atoms with van der Waals surface area (Å²) in [4.78, 5) is 22.6. The molecule has 0 atom stereocenters. The van der Waals surface area contributed by atoms with E-state index in [-0.39, 0.29) is 11.9 Å². The smallest absolute Gasteiger partial charge is 0.253 e. The lowest BCUT2D eigenvalue weighted by Gasteiger charge is -2.32. The molecule has 3 heterocycles. The topological polar surface area (TPSA) is 58.1 Å². The Morgan fingerprint density at radius 1 is 1.13 bits per heavy atom. The van der Waals surface area contributed by atoms with Crippen molar-refractivity contribution in [1.29, 1.82) is 0 Å². The lowest BCUT2D eigenvalue weighted by Crippen LogP contribution is -2.45. The molecule has 5 heteroatoms. The fraction of sp³-hybridized carbons (Fsp3) is 0.389. The molecule has 120 valence electrons. The van der Waals surface area contributed by atoms with E-state index in [2.05, 4.69) is 32.3 Å². The number of hydrogen-bond donors (Lipinski definition) is 1. The molecule has 2 aromatic rings. The number of piperidine rings is 1. The molecule has 0 bridgehead atoms. The Morgan fingerprint density at radius 2 is 1.91 bits per heavy atom. The largest absolute Gasteiger partial charge is 0.349 e. The Morgan fingerprint density at radius 3 is 2.61 bits per heavy atom. The first-order chi connectivity index (χ1) is 11.3. The molecule has 1 fully saturated rings. The Balaban J connectivity index is 1.41. The molecule has 23 heavy (non-hydrogen) atoms. The van der Waals surface area contributed by atoms with Gasteiger partial charge >= 0.3 is 0 Å². The first-order valence-corrected chi connectivity index (χ1v) is 8.13. The van der Waals surface area contributed by atoms with Crippen LogP contribution in [0.1, 0.15) is 28.8 Å². The maximum atomic E-state index is 12.1. The highest BCUT2D eigenvalue weighted by Gasteiger charge is 2.20. The van der Waals surface area contributed by atoms with E-state index >= 15 is 0 Å². The third-order valence-corrected chi connectivity index (χ3v) is 4.31. The fourth-order valence-corrected chi connectivity index (χ4v) is 2.90. The van der Waals surface area contributed by atoms with Gasteiger partial charge in [0.1, 0.15) is 0 Å². The van der Waals surface area contributed by atoms with Crippen molar-refractivity contribution in [1.82, 2.24) is 20.2 Å². The summed E-state index contributed by atoms with van der Waals surface area (Å²) < 4.78 is 0. The van der Waals surface area contributed by atoms with Gasteiger partial charge in [-0.2, -0.15) is 0 Å². The van der Waals surface area contributed by atoms with Crippen LogP contribution < -0.4 is 5.32 Å². The second-order valence-electron chi connectivity index (χ2n) is 5.94. The predicted molar refractivity (Wildman–Crippen MR) is 89.1 cm³/mol. The average molecular weight is 310 g/mol. The van der Waals surface area contributed by atoms with E-state index in [1.165, 1.54) is 5.56 Å². The summed E-state index contributed by atoms with van der Waals surface area (Å²) in [5, 5.41) is 3.12. The Kier molecular flexibility index (Phi) is 5.32. The first-order valence-electron chi connectivity index (χ1n) is 8.13. The normalized spacial score (nSPS) is 16.2. The van der Waals surface area contributed by atoms with E-state index in [0.717, 1.165) is 38.9 Å². The number of carbonyl (C=O) groups is 1. The molecular formula is C18H22N4O. The molecule has 1 aliphatic rings. The van der Waals surface area contributed by atoms with Crippen LogP contribution in [0.15, 0.2) is 49.1 Å². The number of amides is 1. The number of pyridine rings is 2. The van der Waals surface area contributed by atoms with Crippen molar-refractivity contribution in [3.05, 3.63) is 60.2 Å². The van der Waals surface area contributed by atoms with Gasteiger partial charge in [0.05, 0.1) is 5.56 Å². The molecule has 1 aliphatic heterocycles. The second kappa shape index (κ2) is 7.83. The molecule has 5 nitrogen and oxygen atoms in total. The van der Waals surface area contributed by atoms with E-state index in [9.17, 15) is 4.79 Å². The van der Waals surface area contributed by atoms with Crippen molar-refractivity contribution >= 4 is 5.91 Å². The molecule has 2 aromatic heterocycles. The number of nitrogens with one attached hydrogen (secondary N) is 1. The number of likely N-dealkylation sites (tertiary alicyclic amines) is 1. The second-order valence-corrected chi connectivity index (χ2v) is 5.94. The van der Waals surface area contributed by atoms with Crippen molar-refractivity contribution in [3.63, 3.8) is 0 Å². The maximum absolute atomic E-state index is 12.1. The minimum absolute atomic E-state index is 0.0201. The number of aromatic nitrogens is 2. The van der Waals surface area contributed by atoms with Crippen molar-refractivity contribution in [2.24, 2.45) is 0 Å². The Hall–Kier alpha value is -2.27. The molecule has 0 unspecified atom stereocenters. The van der Waals surface area contributed by atoms with Gasteiger partial charge in [-0.1, -0.05) is 0 Å². The standard InChI is InChI=1S/C18H22N4O/c23-18(16-2-1-8-20-14-16)21-17-6-12-22(13-7-17)11-5-15-3-9-19-10-4-15/h1-4,8-10,14,17H,5-7,11-13H2,(H,21,23). The third kappa shape index (κ3) is 4.60. The van der Waals surface area contributed by atoms with Gasteiger partial charge in [0.25, 0.3) is 5.91 Å². The Bertz CT molecular complexity index is 609. The SMILES string of the molecule is O=C(NC1CCN(CCc2ccncc2)CC1)c1cccnc1. The van der Waals surface area contributed by atoms with E-state index < -0.39 is 0 Å². The minimum atomic E-state index is -0.0201. The molecule has 3 rings (SSSR count). The molecular weight excluding hydrogens is 288 g/mol. The third-order valence-electron chi connectivity index (χ3n) is 4.31. The highest BCUT2D eigenvalue weighted by atomic mass is 16.1. The zero-order valence-corrected chi connectivity index (χ0v) is 13.2. The number of rotatable bonds is 5. The van der Waals surface area contributed by atoms with Gasteiger partial charge in [-0.15, -0.1) is 0 Å². The molecule has 0 saturated carbocycles. The lowest BCUT2D eigenvalue weighted by atomic mass is 10.0. The highest BCUT2D eigenvalue weighted by Crippen LogP contribution is 2.12. The molecule has 1 amide bonds. The first kappa shape index (κ1) is 15.6. The quantitative estimate of drug-likeness (QED) is 0.916. The van der Waals surface area contributed by atoms with Crippen molar-refractivity contribution in [2.75, 3.05) is 19.6 Å². The summed E-state index contributed by atoms with van der Waals surface area (Å²) in [6, 6.07) is 7.99. The van der Waals surface area contributed by atoms with Gasteiger partial charge < -0.3 is 10.2 Å². The van der Waals surface area contributed by atoms with Crippen LogP contribution in [0.4, 0.5) is 0 Å². The van der Waals surface area contributed by atoms with Crippen LogP contribution in [-0.2, 0) is 6.42 Å². The van der Waals surface area contributed by atoms with Crippen LogP contribution in [0.3, 0.4) is 0 Å². The summed E-state index contributed by atoms with van der Waals surface area (Å²) in [7, 11) is 0. The molecule has 1 N–H and O–H groups in total. The maximum Gasteiger partial charge on any atom is 0.253 e. The van der Waals surface area contributed by atoms with Gasteiger partial charge in [0.15, 0.2) is 0 Å². The molecule has 1 saturated heterocycles. The van der Waals surface area contributed by atoms with Crippen LogP contribution >= 0.6 is 0 Å².